The van der Waals surface area contributed by atoms with Crippen LogP contribution in [0.3, 0.4) is 0 Å². The first-order valence-electron chi connectivity index (χ1n) is 22.3. The summed E-state index contributed by atoms with van der Waals surface area (Å²) in [6.45, 7) is 5.11. The van der Waals surface area contributed by atoms with Gasteiger partial charge in [0.15, 0.2) is 6.29 Å². The summed E-state index contributed by atoms with van der Waals surface area (Å²) in [5, 5.41) is 45.8. The molecule has 8 aromatic rings. The maximum atomic E-state index is 10.8. The van der Waals surface area contributed by atoms with Crippen molar-refractivity contribution in [2.24, 2.45) is 0 Å². The Morgan fingerprint density at radius 3 is 1.14 bits per heavy atom. The van der Waals surface area contributed by atoms with Crippen LogP contribution >= 0.6 is 0 Å². The summed E-state index contributed by atoms with van der Waals surface area (Å²) in [4.78, 5) is 27.2. The van der Waals surface area contributed by atoms with E-state index in [2.05, 4.69) is 87.5 Å². The van der Waals surface area contributed by atoms with Crippen LogP contribution in [0.25, 0.3) is 43.6 Å². The smallest absolute Gasteiger partial charge is 0.186 e. The van der Waals surface area contributed by atoms with Crippen molar-refractivity contribution in [1.29, 1.82) is 0 Å². The van der Waals surface area contributed by atoms with Gasteiger partial charge < -0.3 is 29.9 Å². The molecule has 5 heterocycles. The third-order valence-electron chi connectivity index (χ3n) is 12.2. The third kappa shape index (κ3) is 11.2. The van der Waals surface area contributed by atoms with Gasteiger partial charge in [-0.25, -0.2) is 0 Å². The van der Waals surface area contributed by atoms with Gasteiger partial charge in [0.2, 0.25) is 0 Å². The van der Waals surface area contributed by atoms with Crippen molar-refractivity contribution in [2.75, 3.05) is 45.9 Å². The molecule has 1 aliphatic heterocycles. The third-order valence-corrected chi connectivity index (χ3v) is 12.2. The van der Waals surface area contributed by atoms with E-state index in [1.165, 1.54) is 0 Å². The second-order valence-electron chi connectivity index (χ2n) is 16.8. The van der Waals surface area contributed by atoms with Gasteiger partial charge in [-0.1, -0.05) is 97.1 Å². The number of hydrogen-bond donors (Lipinski definition) is 4. The van der Waals surface area contributed by atoms with E-state index < -0.39 is 37.3 Å². The van der Waals surface area contributed by atoms with E-state index in [-0.39, 0.29) is 6.61 Å². The molecule has 0 unspecified atom stereocenters. The van der Waals surface area contributed by atoms with Gasteiger partial charge in [-0.05, 0) is 48.5 Å². The predicted molar refractivity (Wildman–Crippen MR) is 251 cm³/mol. The number of benzene rings is 4. The lowest BCUT2D eigenvalue weighted by atomic mass is 9.99. The van der Waals surface area contributed by atoms with E-state index in [9.17, 15) is 20.4 Å². The summed E-state index contributed by atoms with van der Waals surface area (Å²) in [7, 11) is 0. The van der Waals surface area contributed by atoms with Crippen molar-refractivity contribution < 1.29 is 29.9 Å². The molecule has 4 aromatic heterocycles. The summed E-state index contributed by atoms with van der Waals surface area (Å²) in [5.74, 6) is 0. The zero-order valence-electron chi connectivity index (χ0n) is 36.3. The number of aromatic nitrogens is 4. The van der Waals surface area contributed by atoms with Crippen molar-refractivity contribution >= 4 is 43.6 Å². The lowest BCUT2D eigenvalue weighted by Crippen LogP contribution is -2.59. The fourth-order valence-corrected chi connectivity index (χ4v) is 8.53. The van der Waals surface area contributed by atoms with Crippen molar-refractivity contribution in [3.05, 3.63) is 168 Å². The Bertz CT molecular complexity index is 2500. The zero-order chi connectivity index (χ0) is 44.5. The Kier molecular flexibility index (Phi) is 14.3. The van der Waals surface area contributed by atoms with Crippen molar-refractivity contribution in [3.8, 4) is 0 Å². The molecule has 1 fully saturated rings. The van der Waals surface area contributed by atoms with Gasteiger partial charge in [0.25, 0.3) is 0 Å². The monoisotopic (exact) mass is 873 g/mol. The largest absolute Gasteiger partial charge is 0.394 e. The predicted octanol–water partition coefficient (Wildman–Crippen LogP) is 5.70. The number of aliphatic hydroxyl groups is 4. The molecule has 0 saturated carbocycles. The molecule has 0 spiro atoms. The van der Waals surface area contributed by atoms with Crippen LogP contribution in [0, 0.1) is 0 Å². The molecule has 334 valence electrons. The van der Waals surface area contributed by atoms with Gasteiger partial charge >= 0.3 is 0 Å². The Morgan fingerprint density at radius 1 is 0.415 bits per heavy atom. The molecule has 1 aliphatic rings. The molecule has 4 aromatic carbocycles. The van der Waals surface area contributed by atoms with E-state index in [4.69, 9.17) is 29.4 Å². The average molecular weight is 874 g/mol. The fourth-order valence-electron chi connectivity index (χ4n) is 8.53. The molecule has 4 N–H and O–H groups in total. The Labute approximate surface area is 378 Å². The molecule has 0 amide bonds. The Balaban J connectivity index is 0.971. The molecule has 13 nitrogen and oxygen atoms in total. The fraction of sp³-hybridized carbons (Fsp3) is 0.308. The average Bonchev–Trinajstić information content (AvgIpc) is 3.34. The first-order valence-corrected chi connectivity index (χ1v) is 22.3. The van der Waals surface area contributed by atoms with Crippen LogP contribution in [0.1, 0.15) is 22.8 Å². The van der Waals surface area contributed by atoms with E-state index in [1.54, 1.807) is 0 Å². The van der Waals surface area contributed by atoms with Crippen LogP contribution in [0.4, 0.5) is 0 Å². The molecule has 13 heteroatoms. The van der Waals surface area contributed by atoms with Gasteiger partial charge in [0, 0.05) is 80.4 Å². The summed E-state index contributed by atoms with van der Waals surface area (Å²) in [6, 6.07) is 49.4. The number of hydrogen-bond acceptors (Lipinski definition) is 13. The van der Waals surface area contributed by atoms with Crippen molar-refractivity contribution in [3.63, 3.8) is 0 Å². The van der Waals surface area contributed by atoms with Gasteiger partial charge in [0.1, 0.15) is 24.4 Å². The summed E-state index contributed by atoms with van der Waals surface area (Å²) in [5.41, 5.74) is 7.62. The van der Waals surface area contributed by atoms with Crippen molar-refractivity contribution in [1.82, 2.24) is 34.6 Å². The summed E-state index contributed by atoms with van der Waals surface area (Å²) in [6.07, 6.45) is -6.76. The molecular formula is C52H55N7O6. The van der Waals surface area contributed by atoms with E-state index >= 15 is 0 Å². The minimum Gasteiger partial charge on any atom is -0.394 e. The van der Waals surface area contributed by atoms with Crippen LogP contribution in [-0.4, -0.2) is 132 Å². The van der Waals surface area contributed by atoms with Gasteiger partial charge in [-0.2, -0.15) is 0 Å². The first-order chi connectivity index (χ1) is 31.8. The summed E-state index contributed by atoms with van der Waals surface area (Å²) < 4.78 is 11.8. The minimum absolute atomic E-state index is 0.152. The minimum atomic E-state index is -1.52. The molecule has 5 atom stereocenters. The Morgan fingerprint density at radius 2 is 0.769 bits per heavy atom. The highest BCUT2D eigenvalue weighted by Gasteiger charge is 2.44. The van der Waals surface area contributed by atoms with E-state index in [1.807, 2.05) is 72.8 Å². The second kappa shape index (κ2) is 21.0. The highest BCUT2D eigenvalue weighted by molar-refractivity contribution is 5.80. The first kappa shape index (κ1) is 44.4. The highest BCUT2D eigenvalue weighted by Crippen LogP contribution is 2.23. The standard InChI is InChI=1S/C52H55N7O6/c60-35-48-49(61)50(62)51(63)52(65-48)64-30-29-57(25-27-58(31-40-21-17-36-9-1-5-13-44(36)53-40)32-41-22-18-37-10-2-6-14-45(37)54-41)26-28-59(33-42-23-19-38-11-3-7-15-46(38)55-42)34-43-24-20-39-12-4-8-16-47(39)56-43/h1-24,48-52,60-63H,25-35H2/t48-,49-,50+,51-,52-/m1/s1. The van der Waals surface area contributed by atoms with Gasteiger partial charge in [-0.15, -0.1) is 0 Å². The van der Waals surface area contributed by atoms with E-state index in [0.717, 1.165) is 66.4 Å². The number of ether oxygens (including phenoxy) is 2. The maximum Gasteiger partial charge on any atom is 0.186 e. The molecule has 0 bridgehead atoms. The lowest BCUT2D eigenvalue weighted by Gasteiger charge is -2.39. The molecular weight excluding hydrogens is 819 g/mol. The normalized spacial score (nSPS) is 19.1. The van der Waals surface area contributed by atoms with E-state index in [0.29, 0.717) is 58.9 Å². The van der Waals surface area contributed by atoms with Crippen LogP contribution < -0.4 is 0 Å². The number of nitrogens with zero attached hydrogens (tertiary/aromatic N) is 7. The van der Waals surface area contributed by atoms with Crippen LogP contribution in [0.2, 0.25) is 0 Å². The lowest BCUT2D eigenvalue weighted by molar-refractivity contribution is -0.301. The number of fused-ring (bicyclic) bond motifs is 4. The molecule has 0 aliphatic carbocycles. The van der Waals surface area contributed by atoms with Crippen LogP contribution in [-0.2, 0) is 35.7 Å². The summed E-state index contributed by atoms with van der Waals surface area (Å²) >= 11 is 0. The van der Waals surface area contributed by atoms with Gasteiger partial charge in [0.05, 0.1) is 58.1 Å². The quantitative estimate of drug-likeness (QED) is 0.0785. The van der Waals surface area contributed by atoms with Crippen molar-refractivity contribution in [2.45, 2.75) is 56.9 Å². The molecule has 1 saturated heterocycles. The SMILES string of the molecule is OC[C@H]1O[C@@H](OCCN(CCN(Cc2ccc3ccccc3n2)Cc2ccc3ccccc3n2)CCN(Cc2ccc3ccccc3n2)Cc2ccc3ccccc3n2)[C@H](O)[C@@H](O)[C@@H]1O. The topological polar surface area (TPSA) is 161 Å². The van der Waals surface area contributed by atoms with Gasteiger partial charge in [-0.3, -0.25) is 34.6 Å². The molecule has 0 radical (unpaired) electrons. The molecule has 65 heavy (non-hydrogen) atoms. The molecule has 9 rings (SSSR count). The van der Waals surface area contributed by atoms with Crippen LogP contribution in [0.5, 0.6) is 0 Å². The number of aliphatic hydroxyl groups excluding tert-OH is 4. The number of rotatable bonds is 19. The number of pyridine rings is 4. The Hall–Kier alpha value is -5.84. The second-order valence-corrected chi connectivity index (χ2v) is 16.8. The highest BCUT2D eigenvalue weighted by atomic mass is 16.7. The maximum absolute atomic E-state index is 10.8. The van der Waals surface area contributed by atoms with Crippen LogP contribution in [0.15, 0.2) is 146 Å². The number of para-hydroxylation sites is 4. The zero-order valence-corrected chi connectivity index (χ0v) is 36.3.